The quantitative estimate of drug-likeness (QED) is 0.761. The van der Waals surface area contributed by atoms with E-state index in [4.69, 9.17) is 10.8 Å². The molecule has 0 aliphatic rings. The van der Waals surface area contributed by atoms with E-state index in [9.17, 15) is 17.6 Å². The molecule has 0 bridgehead atoms. The second kappa shape index (κ2) is 7.72. The van der Waals surface area contributed by atoms with Crippen molar-refractivity contribution in [3.63, 3.8) is 0 Å². The van der Waals surface area contributed by atoms with E-state index in [1.54, 1.807) is 6.92 Å². The Morgan fingerprint density at radius 3 is 2.24 bits per heavy atom. The van der Waals surface area contributed by atoms with E-state index in [2.05, 4.69) is 0 Å². The van der Waals surface area contributed by atoms with Crippen LogP contribution < -0.4 is 5.73 Å². The largest absolute Gasteiger partial charge is 0.401 e. The first-order valence-corrected chi connectivity index (χ1v) is 6.71. The standard InChI is InChI=1S/C14H20F4N2O/c1-2-12(19)13(10-3-5-11(15)6-4-10)20(7-8-21)9-14(16,17)18/h3-6,12-13,21H,2,7-9,19H2,1H3. The molecule has 3 nitrogen and oxygen atoms in total. The van der Waals surface area contributed by atoms with Gasteiger partial charge in [0.05, 0.1) is 19.2 Å². The lowest BCUT2D eigenvalue weighted by atomic mass is 9.96. The molecule has 21 heavy (non-hydrogen) atoms. The summed E-state index contributed by atoms with van der Waals surface area (Å²) in [5.41, 5.74) is 6.46. The van der Waals surface area contributed by atoms with E-state index in [-0.39, 0.29) is 6.54 Å². The number of nitrogens with zero attached hydrogens (tertiary/aromatic N) is 1. The van der Waals surface area contributed by atoms with Crippen LogP contribution in [-0.2, 0) is 0 Å². The third-order valence-corrected chi connectivity index (χ3v) is 3.25. The number of rotatable bonds is 7. The Balaban J connectivity index is 3.10. The molecule has 0 spiro atoms. The van der Waals surface area contributed by atoms with Gasteiger partial charge in [0.25, 0.3) is 0 Å². The molecule has 2 unspecified atom stereocenters. The molecule has 0 aliphatic carbocycles. The molecule has 2 atom stereocenters. The summed E-state index contributed by atoms with van der Waals surface area (Å²) in [6.45, 7) is 0.0225. The van der Waals surface area contributed by atoms with Gasteiger partial charge in [-0.25, -0.2) is 4.39 Å². The number of halogens is 4. The fourth-order valence-corrected chi connectivity index (χ4v) is 2.29. The predicted octanol–water partition coefficient (Wildman–Crippen LogP) is 2.46. The van der Waals surface area contributed by atoms with E-state index in [1.807, 2.05) is 0 Å². The van der Waals surface area contributed by atoms with Crippen molar-refractivity contribution in [3.05, 3.63) is 35.6 Å². The Bertz CT molecular complexity index is 422. The lowest BCUT2D eigenvalue weighted by Crippen LogP contribution is -2.46. The Labute approximate surface area is 121 Å². The van der Waals surface area contributed by atoms with Crippen LogP contribution in [0.15, 0.2) is 24.3 Å². The van der Waals surface area contributed by atoms with Gasteiger partial charge in [-0.15, -0.1) is 0 Å². The minimum atomic E-state index is -4.40. The van der Waals surface area contributed by atoms with E-state index < -0.39 is 37.2 Å². The zero-order valence-electron chi connectivity index (χ0n) is 11.8. The SMILES string of the molecule is CCC(N)C(c1ccc(F)cc1)N(CCO)CC(F)(F)F. The monoisotopic (exact) mass is 308 g/mol. The van der Waals surface area contributed by atoms with Crippen molar-refractivity contribution in [1.82, 2.24) is 4.90 Å². The number of aliphatic hydroxyl groups excluding tert-OH is 1. The smallest absolute Gasteiger partial charge is 0.395 e. The number of hydrogen-bond donors (Lipinski definition) is 2. The second-order valence-electron chi connectivity index (χ2n) is 4.88. The van der Waals surface area contributed by atoms with Crippen LogP contribution in [0, 0.1) is 5.82 Å². The van der Waals surface area contributed by atoms with Crippen LogP contribution in [0.5, 0.6) is 0 Å². The Hall–Kier alpha value is -1.18. The molecule has 1 rings (SSSR count). The lowest BCUT2D eigenvalue weighted by molar-refractivity contribution is -0.153. The van der Waals surface area contributed by atoms with Gasteiger partial charge in [0.2, 0.25) is 0 Å². The van der Waals surface area contributed by atoms with Crippen LogP contribution in [0.2, 0.25) is 0 Å². The molecule has 1 aromatic carbocycles. The Morgan fingerprint density at radius 2 is 1.81 bits per heavy atom. The summed E-state index contributed by atoms with van der Waals surface area (Å²) in [6, 6.07) is 3.95. The van der Waals surface area contributed by atoms with E-state index in [0.717, 1.165) is 4.90 Å². The zero-order valence-corrected chi connectivity index (χ0v) is 11.8. The maximum atomic E-state index is 13.0. The van der Waals surface area contributed by atoms with Crippen LogP contribution in [0.1, 0.15) is 24.9 Å². The molecule has 0 aliphatic heterocycles. The first kappa shape index (κ1) is 17.9. The van der Waals surface area contributed by atoms with Crippen molar-refractivity contribution < 1.29 is 22.7 Å². The maximum Gasteiger partial charge on any atom is 0.401 e. The molecule has 7 heteroatoms. The molecule has 0 saturated heterocycles. The zero-order chi connectivity index (χ0) is 16.0. The fraction of sp³-hybridized carbons (Fsp3) is 0.571. The highest BCUT2D eigenvalue weighted by molar-refractivity contribution is 5.21. The number of aliphatic hydroxyl groups is 1. The molecule has 120 valence electrons. The first-order valence-electron chi connectivity index (χ1n) is 6.71. The van der Waals surface area contributed by atoms with Crippen molar-refractivity contribution in [1.29, 1.82) is 0 Å². The van der Waals surface area contributed by atoms with Gasteiger partial charge in [-0.1, -0.05) is 19.1 Å². The summed E-state index contributed by atoms with van der Waals surface area (Å²) in [5, 5.41) is 9.02. The number of nitrogens with two attached hydrogens (primary N) is 1. The first-order chi connectivity index (χ1) is 9.78. The van der Waals surface area contributed by atoms with Crippen LogP contribution >= 0.6 is 0 Å². The van der Waals surface area contributed by atoms with Crippen LogP contribution in [-0.4, -0.2) is 41.9 Å². The summed E-state index contributed by atoms with van der Waals surface area (Å²) in [4.78, 5) is 1.08. The third kappa shape index (κ3) is 5.61. The average molecular weight is 308 g/mol. The molecular weight excluding hydrogens is 288 g/mol. The average Bonchev–Trinajstić information content (AvgIpc) is 2.39. The van der Waals surface area contributed by atoms with E-state index in [0.29, 0.717) is 12.0 Å². The highest BCUT2D eigenvalue weighted by Crippen LogP contribution is 2.28. The van der Waals surface area contributed by atoms with Crippen molar-refractivity contribution in [3.8, 4) is 0 Å². The summed E-state index contributed by atoms with van der Waals surface area (Å²) >= 11 is 0. The van der Waals surface area contributed by atoms with Gasteiger partial charge in [-0.2, -0.15) is 13.2 Å². The normalized spacial score (nSPS) is 15.2. The summed E-state index contributed by atoms with van der Waals surface area (Å²) in [5.74, 6) is -0.466. The van der Waals surface area contributed by atoms with Crippen molar-refractivity contribution in [2.75, 3.05) is 19.7 Å². The van der Waals surface area contributed by atoms with Gasteiger partial charge in [-0.3, -0.25) is 4.90 Å². The van der Waals surface area contributed by atoms with E-state index in [1.165, 1.54) is 24.3 Å². The van der Waals surface area contributed by atoms with Gasteiger partial charge < -0.3 is 10.8 Å². The lowest BCUT2D eigenvalue weighted by Gasteiger charge is -2.35. The summed E-state index contributed by atoms with van der Waals surface area (Å²) in [7, 11) is 0. The van der Waals surface area contributed by atoms with Gasteiger partial charge in [0.15, 0.2) is 0 Å². The number of benzene rings is 1. The predicted molar refractivity (Wildman–Crippen MR) is 72.1 cm³/mol. The maximum absolute atomic E-state index is 13.0. The van der Waals surface area contributed by atoms with Gasteiger partial charge >= 0.3 is 6.18 Å². The van der Waals surface area contributed by atoms with E-state index >= 15 is 0 Å². The minimum absolute atomic E-state index is 0.157. The second-order valence-corrected chi connectivity index (χ2v) is 4.88. The van der Waals surface area contributed by atoms with Gasteiger partial charge in [0.1, 0.15) is 5.82 Å². The van der Waals surface area contributed by atoms with Gasteiger partial charge in [0, 0.05) is 12.6 Å². The fourth-order valence-electron chi connectivity index (χ4n) is 2.29. The molecule has 0 fully saturated rings. The summed E-state index contributed by atoms with van der Waals surface area (Å²) in [6.07, 6.45) is -3.94. The van der Waals surface area contributed by atoms with Crippen molar-refractivity contribution in [2.45, 2.75) is 31.6 Å². The minimum Gasteiger partial charge on any atom is -0.395 e. The molecule has 0 amide bonds. The molecule has 0 saturated carbocycles. The number of alkyl halides is 3. The molecule has 1 aromatic rings. The van der Waals surface area contributed by atoms with Gasteiger partial charge in [-0.05, 0) is 24.1 Å². The number of hydrogen-bond acceptors (Lipinski definition) is 3. The molecular formula is C14H20F4N2O. The Kier molecular flexibility index (Phi) is 6.57. The van der Waals surface area contributed by atoms with Crippen molar-refractivity contribution >= 4 is 0 Å². The van der Waals surface area contributed by atoms with Crippen LogP contribution in [0.25, 0.3) is 0 Å². The molecule has 3 N–H and O–H groups in total. The summed E-state index contributed by atoms with van der Waals surface area (Å²) < 4.78 is 51.1. The third-order valence-electron chi connectivity index (χ3n) is 3.25. The topological polar surface area (TPSA) is 49.5 Å². The molecule has 0 radical (unpaired) electrons. The highest BCUT2D eigenvalue weighted by atomic mass is 19.4. The van der Waals surface area contributed by atoms with Crippen LogP contribution in [0.4, 0.5) is 17.6 Å². The Morgan fingerprint density at radius 1 is 1.24 bits per heavy atom. The molecule has 0 heterocycles. The van der Waals surface area contributed by atoms with Crippen LogP contribution in [0.3, 0.4) is 0 Å². The molecule has 0 aromatic heterocycles. The van der Waals surface area contributed by atoms with Crippen molar-refractivity contribution in [2.24, 2.45) is 5.73 Å². The highest BCUT2D eigenvalue weighted by Gasteiger charge is 2.36.